The normalized spacial score (nSPS) is 18.9. The number of hydrogen-bond donors (Lipinski definition) is 1. The fourth-order valence-corrected chi connectivity index (χ4v) is 1.10. The predicted molar refractivity (Wildman–Crippen MR) is 38.3 cm³/mol. The molecule has 1 aliphatic carbocycles. The molecule has 0 spiro atoms. The summed E-state index contributed by atoms with van der Waals surface area (Å²) >= 11 is 5.70. The zero-order valence-electron chi connectivity index (χ0n) is 5.10. The highest BCUT2D eigenvalue weighted by Gasteiger charge is 2.01. The van der Waals surface area contributed by atoms with Crippen LogP contribution in [-0.2, 0) is 0 Å². The zero-order chi connectivity index (χ0) is 6.69. The largest absolute Gasteiger partial charge is 0.392 e. The van der Waals surface area contributed by atoms with Gasteiger partial charge in [-0.05, 0) is 12.0 Å². The summed E-state index contributed by atoms with van der Waals surface area (Å²) in [7, 11) is 0. The molecule has 0 aromatic carbocycles. The molecule has 0 atom stereocenters. The van der Waals surface area contributed by atoms with Crippen LogP contribution in [0.1, 0.15) is 12.8 Å². The van der Waals surface area contributed by atoms with E-state index in [-0.39, 0.29) is 6.61 Å². The monoisotopic (exact) mass is 144 g/mol. The number of allylic oxidation sites excluding steroid dienone is 3. The van der Waals surface area contributed by atoms with Gasteiger partial charge in [0.1, 0.15) is 0 Å². The van der Waals surface area contributed by atoms with E-state index in [0.29, 0.717) is 0 Å². The van der Waals surface area contributed by atoms with E-state index in [2.05, 4.69) is 0 Å². The Morgan fingerprint density at radius 2 is 2.33 bits per heavy atom. The van der Waals surface area contributed by atoms with Crippen LogP contribution >= 0.6 is 11.6 Å². The zero-order valence-corrected chi connectivity index (χ0v) is 5.86. The summed E-state index contributed by atoms with van der Waals surface area (Å²) in [6.45, 7) is 0.143. The van der Waals surface area contributed by atoms with E-state index in [9.17, 15) is 0 Å². The van der Waals surface area contributed by atoms with Crippen molar-refractivity contribution in [3.63, 3.8) is 0 Å². The maximum absolute atomic E-state index is 8.65. The maximum Gasteiger partial charge on any atom is 0.0645 e. The van der Waals surface area contributed by atoms with E-state index < -0.39 is 0 Å². The quantitative estimate of drug-likeness (QED) is 0.557. The van der Waals surface area contributed by atoms with Crippen molar-refractivity contribution in [2.24, 2.45) is 0 Å². The van der Waals surface area contributed by atoms with Crippen LogP contribution in [0.5, 0.6) is 0 Å². The summed E-state index contributed by atoms with van der Waals surface area (Å²) in [6, 6.07) is 0. The smallest absolute Gasteiger partial charge is 0.0645 e. The van der Waals surface area contributed by atoms with E-state index in [4.69, 9.17) is 16.7 Å². The van der Waals surface area contributed by atoms with Gasteiger partial charge in [-0.2, -0.15) is 0 Å². The van der Waals surface area contributed by atoms with Gasteiger partial charge in [0.15, 0.2) is 0 Å². The van der Waals surface area contributed by atoms with Crippen LogP contribution in [0.3, 0.4) is 0 Å². The first-order chi connectivity index (χ1) is 4.33. The van der Waals surface area contributed by atoms with Crippen LogP contribution in [0.4, 0.5) is 0 Å². The van der Waals surface area contributed by atoms with Crippen molar-refractivity contribution in [2.45, 2.75) is 12.8 Å². The van der Waals surface area contributed by atoms with Crippen LogP contribution in [0.15, 0.2) is 22.8 Å². The summed E-state index contributed by atoms with van der Waals surface area (Å²) < 4.78 is 0. The molecule has 0 amide bonds. The standard InChI is InChI=1S/C7H9ClO/c8-7-3-1-2-6(4-7)5-9/h2-3,9H,1,4-5H2. The molecule has 1 rings (SSSR count). The van der Waals surface area contributed by atoms with E-state index in [1.165, 1.54) is 0 Å². The van der Waals surface area contributed by atoms with Crippen molar-refractivity contribution >= 4 is 11.6 Å². The first kappa shape index (κ1) is 6.84. The van der Waals surface area contributed by atoms with Gasteiger partial charge < -0.3 is 5.11 Å². The third kappa shape index (κ3) is 1.84. The lowest BCUT2D eigenvalue weighted by Gasteiger charge is -2.06. The Labute approximate surface area is 59.6 Å². The highest BCUT2D eigenvalue weighted by atomic mass is 35.5. The van der Waals surface area contributed by atoms with Crippen LogP contribution in [-0.4, -0.2) is 11.7 Å². The fraction of sp³-hybridized carbons (Fsp3) is 0.429. The molecule has 9 heavy (non-hydrogen) atoms. The van der Waals surface area contributed by atoms with E-state index in [0.717, 1.165) is 23.4 Å². The molecule has 0 unspecified atom stereocenters. The third-order valence-electron chi connectivity index (χ3n) is 1.34. The minimum atomic E-state index is 0.143. The van der Waals surface area contributed by atoms with Crippen LogP contribution in [0, 0.1) is 0 Å². The van der Waals surface area contributed by atoms with Gasteiger partial charge in [0.05, 0.1) is 6.61 Å². The Bertz CT molecular complexity index is 158. The summed E-state index contributed by atoms with van der Waals surface area (Å²) in [4.78, 5) is 0. The number of aliphatic hydroxyl groups is 1. The SMILES string of the molecule is OCC1=CCC=C(Cl)C1. The van der Waals surface area contributed by atoms with Crippen molar-refractivity contribution in [3.05, 3.63) is 22.8 Å². The lowest BCUT2D eigenvalue weighted by Crippen LogP contribution is -1.94. The number of halogens is 1. The summed E-state index contributed by atoms with van der Waals surface area (Å²) in [5, 5.41) is 9.50. The lowest BCUT2D eigenvalue weighted by atomic mass is 10.1. The van der Waals surface area contributed by atoms with Crippen LogP contribution in [0.2, 0.25) is 0 Å². The van der Waals surface area contributed by atoms with E-state index in [1.807, 2.05) is 12.2 Å². The van der Waals surface area contributed by atoms with Crippen LogP contribution < -0.4 is 0 Å². The molecule has 0 bridgehead atoms. The molecule has 0 aromatic rings. The van der Waals surface area contributed by atoms with Gasteiger partial charge in [0.25, 0.3) is 0 Å². The number of rotatable bonds is 1. The molecule has 0 aliphatic heterocycles. The van der Waals surface area contributed by atoms with Gasteiger partial charge in [0.2, 0.25) is 0 Å². The molecule has 0 aromatic heterocycles. The molecule has 0 fully saturated rings. The molecule has 2 heteroatoms. The molecule has 0 heterocycles. The Morgan fingerprint density at radius 1 is 1.56 bits per heavy atom. The molecule has 0 saturated heterocycles. The second-order valence-electron chi connectivity index (χ2n) is 2.08. The second kappa shape index (κ2) is 3.04. The molecule has 1 nitrogen and oxygen atoms in total. The van der Waals surface area contributed by atoms with Crippen molar-refractivity contribution in [1.82, 2.24) is 0 Å². The van der Waals surface area contributed by atoms with Gasteiger partial charge in [-0.3, -0.25) is 0 Å². The second-order valence-corrected chi connectivity index (χ2v) is 2.57. The van der Waals surface area contributed by atoms with E-state index in [1.54, 1.807) is 0 Å². The summed E-state index contributed by atoms with van der Waals surface area (Å²) in [6.07, 6.45) is 5.57. The van der Waals surface area contributed by atoms with Crippen molar-refractivity contribution in [1.29, 1.82) is 0 Å². The highest BCUT2D eigenvalue weighted by molar-refractivity contribution is 6.29. The Kier molecular flexibility index (Phi) is 2.31. The topological polar surface area (TPSA) is 20.2 Å². The molecule has 0 radical (unpaired) electrons. The van der Waals surface area contributed by atoms with Crippen LogP contribution in [0.25, 0.3) is 0 Å². The van der Waals surface area contributed by atoms with Crippen molar-refractivity contribution < 1.29 is 5.11 Å². The number of aliphatic hydroxyl groups excluding tert-OH is 1. The summed E-state index contributed by atoms with van der Waals surface area (Å²) in [5.41, 5.74) is 1.03. The molecule has 0 saturated carbocycles. The minimum Gasteiger partial charge on any atom is -0.392 e. The average Bonchev–Trinajstić information content (AvgIpc) is 1.88. The lowest BCUT2D eigenvalue weighted by molar-refractivity contribution is 0.328. The molecule has 50 valence electrons. The van der Waals surface area contributed by atoms with Gasteiger partial charge in [-0.25, -0.2) is 0 Å². The third-order valence-corrected chi connectivity index (χ3v) is 1.63. The number of hydrogen-bond acceptors (Lipinski definition) is 1. The molecular formula is C7H9ClO. The minimum absolute atomic E-state index is 0.143. The van der Waals surface area contributed by atoms with E-state index >= 15 is 0 Å². The average molecular weight is 145 g/mol. The molecule has 1 aliphatic rings. The van der Waals surface area contributed by atoms with Gasteiger partial charge >= 0.3 is 0 Å². The maximum atomic E-state index is 8.65. The Balaban J connectivity index is 2.51. The highest BCUT2D eigenvalue weighted by Crippen LogP contribution is 2.20. The first-order valence-corrected chi connectivity index (χ1v) is 3.34. The molecular weight excluding hydrogens is 136 g/mol. The van der Waals surface area contributed by atoms with Crippen molar-refractivity contribution in [2.75, 3.05) is 6.61 Å². The van der Waals surface area contributed by atoms with Gasteiger partial charge in [0, 0.05) is 11.5 Å². The van der Waals surface area contributed by atoms with Gasteiger partial charge in [-0.1, -0.05) is 23.8 Å². The molecule has 1 N–H and O–H groups in total. The van der Waals surface area contributed by atoms with Crippen molar-refractivity contribution in [3.8, 4) is 0 Å². The fourth-order valence-electron chi connectivity index (χ4n) is 0.835. The first-order valence-electron chi connectivity index (χ1n) is 2.96. The Morgan fingerprint density at radius 3 is 2.78 bits per heavy atom. The Hall–Kier alpha value is -0.270. The summed E-state index contributed by atoms with van der Waals surface area (Å²) in [5.74, 6) is 0. The predicted octanol–water partition coefficient (Wildman–Crippen LogP) is 1.82. The van der Waals surface area contributed by atoms with Gasteiger partial charge in [-0.15, -0.1) is 0 Å².